The molecule has 1 aromatic carbocycles. The molecular formula is C22H28N4O5S3. The van der Waals surface area contributed by atoms with Crippen molar-refractivity contribution in [3.63, 3.8) is 0 Å². The summed E-state index contributed by atoms with van der Waals surface area (Å²) in [5.74, 6) is -0.785. The highest BCUT2D eigenvalue weighted by Crippen LogP contribution is 2.34. The van der Waals surface area contributed by atoms with Gasteiger partial charge in [0.15, 0.2) is 5.11 Å². The zero-order valence-electron chi connectivity index (χ0n) is 19.7. The number of nitrogens with one attached hydrogen (secondary N) is 1. The minimum absolute atomic E-state index is 0.221. The average Bonchev–Trinajstić information content (AvgIpc) is 3.13. The van der Waals surface area contributed by atoms with Crippen molar-refractivity contribution in [1.82, 2.24) is 14.1 Å². The molecule has 12 heteroatoms. The zero-order valence-corrected chi connectivity index (χ0v) is 22.2. The lowest BCUT2D eigenvalue weighted by atomic mass is 10.1. The molecule has 1 amide bonds. The number of amides is 1. The van der Waals surface area contributed by atoms with Crippen molar-refractivity contribution in [2.75, 3.05) is 52.7 Å². The first-order valence-corrected chi connectivity index (χ1v) is 13.2. The maximum Gasteiger partial charge on any atom is 0.341 e. The molecule has 2 aromatic rings. The standard InChI is InChI=1S/C22H28N4O5S3/c1-14-6-8-16(9-7-14)34(29,30)26-12-10-25(11-13-26)22(32)23-19-17(21(28)31-5)15(2)18(33-19)20(27)24(3)4/h6-9H,10-13H2,1-5H3,(H,23,32). The number of methoxy groups -OCH3 is 1. The monoisotopic (exact) mass is 524 g/mol. The van der Waals surface area contributed by atoms with Gasteiger partial charge < -0.3 is 19.9 Å². The number of carbonyl (C=O) groups is 2. The number of thiophene rings is 1. The van der Waals surface area contributed by atoms with Gasteiger partial charge in [0, 0.05) is 40.3 Å². The van der Waals surface area contributed by atoms with Crippen molar-refractivity contribution >= 4 is 55.6 Å². The van der Waals surface area contributed by atoms with Crippen LogP contribution in [0.4, 0.5) is 5.00 Å². The van der Waals surface area contributed by atoms with E-state index in [9.17, 15) is 18.0 Å². The molecule has 1 aromatic heterocycles. The van der Waals surface area contributed by atoms with Crippen LogP contribution in [0.5, 0.6) is 0 Å². The summed E-state index contributed by atoms with van der Waals surface area (Å²) in [6.45, 7) is 4.92. The summed E-state index contributed by atoms with van der Waals surface area (Å²) in [5, 5.41) is 3.85. The van der Waals surface area contributed by atoms with Gasteiger partial charge in [0.05, 0.1) is 22.4 Å². The van der Waals surface area contributed by atoms with Crippen LogP contribution >= 0.6 is 23.6 Å². The smallest absolute Gasteiger partial charge is 0.341 e. The Morgan fingerprint density at radius 3 is 2.21 bits per heavy atom. The Bertz CT molecular complexity index is 1200. The summed E-state index contributed by atoms with van der Waals surface area (Å²) < 4.78 is 32.3. The number of piperazine rings is 1. The van der Waals surface area contributed by atoms with Crippen LogP contribution in [0.25, 0.3) is 0 Å². The predicted octanol–water partition coefficient (Wildman–Crippen LogP) is 2.56. The number of thiocarbonyl (C=S) groups is 1. The molecule has 3 rings (SSSR count). The summed E-state index contributed by atoms with van der Waals surface area (Å²) in [6.07, 6.45) is 0. The maximum absolute atomic E-state index is 13.0. The van der Waals surface area contributed by atoms with Crippen LogP contribution in [-0.2, 0) is 14.8 Å². The number of rotatable bonds is 5. The van der Waals surface area contributed by atoms with Crippen molar-refractivity contribution in [1.29, 1.82) is 0 Å². The minimum Gasteiger partial charge on any atom is -0.465 e. The molecule has 184 valence electrons. The number of aryl methyl sites for hydroxylation is 1. The molecule has 0 spiro atoms. The molecule has 0 atom stereocenters. The van der Waals surface area contributed by atoms with Gasteiger partial charge in [0.1, 0.15) is 5.00 Å². The van der Waals surface area contributed by atoms with Crippen LogP contribution < -0.4 is 5.32 Å². The Morgan fingerprint density at radius 2 is 1.68 bits per heavy atom. The Morgan fingerprint density at radius 1 is 1.09 bits per heavy atom. The van der Waals surface area contributed by atoms with Crippen molar-refractivity contribution in [3.05, 3.63) is 45.8 Å². The number of sulfonamides is 1. The number of carbonyl (C=O) groups excluding carboxylic acids is 2. The van der Waals surface area contributed by atoms with Gasteiger partial charge >= 0.3 is 5.97 Å². The summed E-state index contributed by atoms with van der Waals surface area (Å²) >= 11 is 6.69. The van der Waals surface area contributed by atoms with Gasteiger partial charge in [-0.2, -0.15) is 4.31 Å². The molecule has 1 fully saturated rings. The van der Waals surface area contributed by atoms with E-state index in [0.717, 1.165) is 16.9 Å². The van der Waals surface area contributed by atoms with Crippen molar-refractivity contribution in [3.8, 4) is 0 Å². The lowest BCUT2D eigenvalue weighted by molar-refractivity contribution is 0.0601. The van der Waals surface area contributed by atoms with E-state index in [0.29, 0.717) is 33.6 Å². The van der Waals surface area contributed by atoms with E-state index in [4.69, 9.17) is 17.0 Å². The second-order valence-corrected chi connectivity index (χ2v) is 11.4. The van der Waals surface area contributed by atoms with Crippen LogP contribution in [0.15, 0.2) is 29.2 Å². The van der Waals surface area contributed by atoms with E-state index in [1.165, 1.54) is 16.3 Å². The molecule has 0 radical (unpaired) electrons. The Balaban J connectivity index is 1.74. The largest absolute Gasteiger partial charge is 0.465 e. The van der Waals surface area contributed by atoms with Crippen LogP contribution in [0.1, 0.15) is 31.2 Å². The summed E-state index contributed by atoms with van der Waals surface area (Å²) in [7, 11) is 0.974. The van der Waals surface area contributed by atoms with Crippen LogP contribution in [0.3, 0.4) is 0 Å². The third kappa shape index (κ3) is 5.24. The number of hydrogen-bond acceptors (Lipinski definition) is 7. The molecule has 0 unspecified atom stereocenters. The van der Waals surface area contributed by atoms with Crippen LogP contribution in [0, 0.1) is 13.8 Å². The molecule has 0 aliphatic carbocycles. The highest BCUT2D eigenvalue weighted by Gasteiger charge is 2.31. The number of anilines is 1. The highest BCUT2D eigenvalue weighted by atomic mass is 32.2. The predicted molar refractivity (Wildman–Crippen MR) is 136 cm³/mol. The molecule has 0 saturated carbocycles. The molecular weight excluding hydrogens is 496 g/mol. The van der Waals surface area contributed by atoms with Gasteiger partial charge in [-0.25, -0.2) is 13.2 Å². The fourth-order valence-corrected chi connectivity index (χ4v) is 6.51. The lowest BCUT2D eigenvalue weighted by Crippen LogP contribution is -2.51. The minimum atomic E-state index is -3.59. The Hall–Kier alpha value is -2.54. The molecule has 1 N–H and O–H groups in total. The SMILES string of the molecule is COC(=O)c1c(NC(=S)N2CCN(S(=O)(=O)c3ccc(C)cc3)CC2)sc(C(=O)N(C)C)c1C. The first-order valence-electron chi connectivity index (χ1n) is 10.5. The molecule has 2 heterocycles. The van der Waals surface area contributed by atoms with Crippen molar-refractivity contribution < 1.29 is 22.7 Å². The first kappa shape index (κ1) is 26.1. The van der Waals surface area contributed by atoms with Crippen LogP contribution in [0.2, 0.25) is 0 Å². The van der Waals surface area contributed by atoms with Crippen LogP contribution in [-0.4, -0.2) is 86.9 Å². The van der Waals surface area contributed by atoms with E-state index >= 15 is 0 Å². The molecule has 1 aliphatic rings. The third-order valence-corrected chi connectivity index (χ3v) is 9.01. The highest BCUT2D eigenvalue weighted by molar-refractivity contribution is 7.89. The summed E-state index contributed by atoms with van der Waals surface area (Å²) in [5.41, 5.74) is 1.78. The topological polar surface area (TPSA) is 99.3 Å². The van der Waals surface area contributed by atoms with Gasteiger partial charge in [0.25, 0.3) is 5.91 Å². The van der Waals surface area contributed by atoms with Gasteiger partial charge in [-0.05, 0) is 43.8 Å². The zero-order chi connectivity index (χ0) is 25.2. The number of esters is 1. The molecule has 1 aliphatic heterocycles. The molecule has 34 heavy (non-hydrogen) atoms. The molecule has 9 nitrogen and oxygen atoms in total. The second-order valence-electron chi connectivity index (χ2n) is 8.09. The lowest BCUT2D eigenvalue weighted by Gasteiger charge is -2.35. The maximum atomic E-state index is 13.0. The van der Waals surface area contributed by atoms with Gasteiger partial charge in [-0.3, -0.25) is 4.79 Å². The van der Waals surface area contributed by atoms with E-state index in [2.05, 4.69) is 5.32 Å². The first-order chi connectivity index (χ1) is 16.0. The molecule has 1 saturated heterocycles. The Kier molecular flexibility index (Phi) is 7.96. The van der Waals surface area contributed by atoms with Crippen molar-refractivity contribution in [2.45, 2.75) is 18.7 Å². The summed E-state index contributed by atoms with van der Waals surface area (Å²) in [4.78, 5) is 28.9. The number of hydrogen-bond donors (Lipinski definition) is 1. The van der Waals surface area contributed by atoms with E-state index in [-0.39, 0.29) is 29.5 Å². The van der Waals surface area contributed by atoms with E-state index in [1.54, 1.807) is 45.3 Å². The fourth-order valence-electron chi connectivity index (χ4n) is 3.52. The average molecular weight is 525 g/mol. The quantitative estimate of drug-likeness (QED) is 0.471. The number of benzene rings is 1. The fraction of sp³-hybridized carbons (Fsp3) is 0.409. The van der Waals surface area contributed by atoms with E-state index in [1.807, 2.05) is 11.8 Å². The van der Waals surface area contributed by atoms with Gasteiger partial charge in [0.2, 0.25) is 10.0 Å². The number of ether oxygens (including phenoxy) is 1. The molecule has 0 bridgehead atoms. The number of nitrogens with zero attached hydrogens (tertiary/aromatic N) is 3. The van der Waals surface area contributed by atoms with Gasteiger partial charge in [-0.15, -0.1) is 11.3 Å². The second kappa shape index (κ2) is 10.4. The van der Waals surface area contributed by atoms with Gasteiger partial charge in [-0.1, -0.05) is 17.7 Å². The normalized spacial score (nSPS) is 14.6. The summed E-state index contributed by atoms with van der Waals surface area (Å²) in [6, 6.07) is 6.78. The van der Waals surface area contributed by atoms with E-state index < -0.39 is 16.0 Å². The third-order valence-electron chi connectivity index (χ3n) is 5.54. The Labute approximate surface area is 209 Å². The van der Waals surface area contributed by atoms with Crippen molar-refractivity contribution in [2.24, 2.45) is 0 Å².